The van der Waals surface area contributed by atoms with Crippen LogP contribution < -0.4 is 26.0 Å². The van der Waals surface area contributed by atoms with E-state index in [1.807, 2.05) is 62.9 Å². The zero-order chi connectivity index (χ0) is 35.5. The van der Waals surface area contributed by atoms with Crippen LogP contribution in [0.25, 0.3) is 11.5 Å². The average molecular weight is 673 g/mol. The molecule has 3 heterocycles. The maximum absolute atomic E-state index is 13.7. The molecule has 4 rings (SSSR count). The van der Waals surface area contributed by atoms with E-state index in [4.69, 9.17) is 4.74 Å². The summed E-state index contributed by atoms with van der Waals surface area (Å²) in [5, 5.41) is 11.6. The van der Waals surface area contributed by atoms with Crippen molar-refractivity contribution in [1.82, 2.24) is 41.1 Å². The minimum absolute atomic E-state index is 0.00404. The SMILES string of the molecule is COc1ccc(C[C@@H]2NC(=O)[C@H](CC(C)C)NC(=O)CN(Cc3cnc(-c4ccccn4)nc3)C[C@H](C(C)C)NC(=O)[C@@H](C)NC2=O)cc1. The van der Waals surface area contributed by atoms with Gasteiger partial charge in [-0.05, 0) is 55.0 Å². The molecule has 4 amide bonds. The molecule has 4 atom stereocenters. The van der Waals surface area contributed by atoms with Crippen LogP contribution in [-0.4, -0.2) is 87.8 Å². The van der Waals surface area contributed by atoms with Gasteiger partial charge in [-0.3, -0.25) is 29.1 Å². The molecule has 262 valence electrons. The number of carbonyl (C=O) groups is 4. The predicted molar refractivity (Wildman–Crippen MR) is 185 cm³/mol. The molecule has 1 fully saturated rings. The molecule has 1 saturated heterocycles. The van der Waals surface area contributed by atoms with Gasteiger partial charge >= 0.3 is 0 Å². The van der Waals surface area contributed by atoms with E-state index in [1.165, 1.54) is 0 Å². The van der Waals surface area contributed by atoms with E-state index >= 15 is 0 Å². The van der Waals surface area contributed by atoms with Crippen molar-refractivity contribution in [2.75, 3.05) is 20.2 Å². The Bertz CT molecular complexity index is 1550. The van der Waals surface area contributed by atoms with Gasteiger partial charge in [0.05, 0.1) is 13.7 Å². The molecule has 3 aromatic rings. The molecule has 1 aromatic carbocycles. The second-order valence-electron chi connectivity index (χ2n) is 13.3. The van der Waals surface area contributed by atoms with Gasteiger partial charge in [0.2, 0.25) is 23.6 Å². The number of nitrogens with one attached hydrogen (secondary N) is 4. The molecule has 0 spiro atoms. The van der Waals surface area contributed by atoms with E-state index in [9.17, 15) is 19.2 Å². The van der Waals surface area contributed by atoms with Gasteiger partial charge in [-0.2, -0.15) is 0 Å². The number of benzene rings is 1. The van der Waals surface area contributed by atoms with Gasteiger partial charge in [0.1, 0.15) is 29.6 Å². The number of pyridine rings is 1. The largest absolute Gasteiger partial charge is 0.497 e. The Morgan fingerprint density at radius 2 is 1.51 bits per heavy atom. The fourth-order valence-electron chi connectivity index (χ4n) is 5.52. The number of hydrogen-bond acceptors (Lipinski definition) is 9. The lowest BCUT2D eigenvalue weighted by molar-refractivity contribution is -0.133. The third kappa shape index (κ3) is 11.1. The lowest BCUT2D eigenvalue weighted by Crippen LogP contribution is -2.57. The van der Waals surface area contributed by atoms with Gasteiger partial charge in [-0.1, -0.05) is 45.9 Å². The fourth-order valence-corrected chi connectivity index (χ4v) is 5.52. The summed E-state index contributed by atoms with van der Waals surface area (Å²) in [6, 6.07) is 9.56. The molecule has 49 heavy (non-hydrogen) atoms. The molecular formula is C36H48N8O5. The van der Waals surface area contributed by atoms with Crippen molar-refractivity contribution in [2.45, 2.75) is 78.2 Å². The smallest absolute Gasteiger partial charge is 0.243 e. The average Bonchev–Trinajstić information content (AvgIpc) is 3.07. The molecule has 0 aliphatic carbocycles. The number of nitrogens with zero attached hydrogens (tertiary/aromatic N) is 4. The van der Waals surface area contributed by atoms with Crippen molar-refractivity contribution in [2.24, 2.45) is 11.8 Å². The first-order valence-electron chi connectivity index (χ1n) is 16.7. The van der Waals surface area contributed by atoms with Crippen molar-refractivity contribution in [3.63, 3.8) is 0 Å². The van der Waals surface area contributed by atoms with Gasteiger partial charge in [-0.25, -0.2) is 9.97 Å². The van der Waals surface area contributed by atoms with Crippen LogP contribution >= 0.6 is 0 Å². The molecule has 2 aromatic heterocycles. The summed E-state index contributed by atoms with van der Waals surface area (Å²) in [5.74, 6) is -0.509. The van der Waals surface area contributed by atoms with Crippen molar-refractivity contribution < 1.29 is 23.9 Å². The van der Waals surface area contributed by atoms with Crippen LogP contribution in [-0.2, 0) is 32.1 Å². The highest BCUT2D eigenvalue weighted by molar-refractivity contribution is 5.94. The number of rotatable bonds is 9. The molecule has 1 aliphatic heterocycles. The van der Waals surface area contributed by atoms with Crippen molar-refractivity contribution >= 4 is 23.6 Å². The van der Waals surface area contributed by atoms with Crippen LogP contribution in [0, 0.1) is 11.8 Å². The zero-order valence-electron chi connectivity index (χ0n) is 29.1. The molecule has 0 bridgehead atoms. The highest BCUT2D eigenvalue weighted by Gasteiger charge is 2.31. The number of ether oxygens (including phenoxy) is 1. The summed E-state index contributed by atoms with van der Waals surface area (Å²) in [6.45, 7) is 10.1. The normalized spacial score (nSPS) is 21.6. The van der Waals surface area contributed by atoms with E-state index in [1.54, 1.807) is 44.8 Å². The fraction of sp³-hybridized carbons (Fsp3) is 0.472. The number of hydrogen-bond donors (Lipinski definition) is 4. The predicted octanol–water partition coefficient (Wildman–Crippen LogP) is 2.27. The third-order valence-corrected chi connectivity index (χ3v) is 8.30. The van der Waals surface area contributed by atoms with Crippen LogP contribution in [0.15, 0.2) is 61.1 Å². The van der Waals surface area contributed by atoms with Gasteiger partial charge in [-0.15, -0.1) is 0 Å². The van der Waals surface area contributed by atoms with E-state index < -0.39 is 29.9 Å². The number of methoxy groups -OCH3 is 1. The Kier molecular flexibility index (Phi) is 13.2. The summed E-state index contributed by atoms with van der Waals surface area (Å²) in [5.41, 5.74) is 2.19. The van der Waals surface area contributed by atoms with E-state index in [-0.39, 0.29) is 42.7 Å². The van der Waals surface area contributed by atoms with Crippen LogP contribution in [0.4, 0.5) is 0 Å². The summed E-state index contributed by atoms with van der Waals surface area (Å²) >= 11 is 0. The van der Waals surface area contributed by atoms with E-state index in [2.05, 4.69) is 36.2 Å². The highest BCUT2D eigenvalue weighted by Crippen LogP contribution is 2.16. The Morgan fingerprint density at radius 3 is 2.12 bits per heavy atom. The summed E-state index contributed by atoms with van der Waals surface area (Å²) in [6.07, 6.45) is 5.60. The van der Waals surface area contributed by atoms with Gasteiger partial charge < -0.3 is 26.0 Å². The van der Waals surface area contributed by atoms with E-state index in [0.717, 1.165) is 11.1 Å². The molecule has 4 N–H and O–H groups in total. The molecule has 0 saturated carbocycles. The van der Waals surface area contributed by atoms with Crippen LogP contribution in [0.5, 0.6) is 5.75 Å². The molecule has 13 nitrogen and oxygen atoms in total. The summed E-state index contributed by atoms with van der Waals surface area (Å²) < 4.78 is 5.25. The zero-order valence-corrected chi connectivity index (χ0v) is 29.1. The maximum atomic E-state index is 13.7. The van der Waals surface area contributed by atoms with Crippen molar-refractivity contribution in [3.8, 4) is 17.3 Å². The Morgan fingerprint density at radius 1 is 0.816 bits per heavy atom. The molecule has 13 heteroatoms. The van der Waals surface area contributed by atoms with Crippen LogP contribution in [0.1, 0.15) is 52.2 Å². The van der Waals surface area contributed by atoms with Gasteiger partial charge in [0.15, 0.2) is 5.82 Å². The topological polar surface area (TPSA) is 168 Å². The number of amides is 4. The number of aromatic nitrogens is 3. The maximum Gasteiger partial charge on any atom is 0.243 e. The monoisotopic (exact) mass is 672 g/mol. The quantitative estimate of drug-likeness (QED) is 0.267. The van der Waals surface area contributed by atoms with Crippen molar-refractivity contribution in [3.05, 3.63) is 72.2 Å². The first-order valence-corrected chi connectivity index (χ1v) is 16.7. The highest BCUT2D eigenvalue weighted by atomic mass is 16.5. The first kappa shape index (κ1) is 36.9. The van der Waals surface area contributed by atoms with Crippen molar-refractivity contribution in [1.29, 1.82) is 0 Å². The molecule has 0 radical (unpaired) electrons. The van der Waals surface area contributed by atoms with Crippen LogP contribution in [0.2, 0.25) is 0 Å². The lowest BCUT2D eigenvalue weighted by atomic mass is 10.0. The Hall–Kier alpha value is -4.91. The lowest BCUT2D eigenvalue weighted by Gasteiger charge is -2.31. The van der Waals surface area contributed by atoms with Gasteiger partial charge in [0, 0.05) is 49.7 Å². The minimum atomic E-state index is -1.00. The third-order valence-electron chi connectivity index (χ3n) is 8.30. The summed E-state index contributed by atoms with van der Waals surface area (Å²) in [7, 11) is 1.57. The first-order chi connectivity index (χ1) is 23.4. The van der Waals surface area contributed by atoms with Crippen LogP contribution in [0.3, 0.4) is 0 Å². The van der Waals surface area contributed by atoms with E-state index in [0.29, 0.717) is 36.8 Å². The Balaban J connectivity index is 1.62. The summed E-state index contributed by atoms with van der Waals surface area (Å²) in [4.78, 5) is 69.6. The second-order valence-corrected chi connectivity index (χ2v) is 13.3. The number of carbonyl (C=O) groups excluding carboxylic acids is 4. The Labute approximate surface area is 288 Å². The molecule has 0 unspecified atom stereocenters. The minimum Gasteiger partial charge on any atom is -0.497 e. The molecule has 1 aliphatic rings. The van der Waals surface area contributed by atoms with Gasteiger partial charge in [0.25, 0.3) is 0 Å². The standard InChI is InChI=1S/C36H48N8O5/c1-22(2)15-29-36(48)42-30(16-25-10-12-27(49-6)13-11-25)35(47)40-24(5)34(46)43-31(23(3)4)20-44(21-32(45)41-29)19-26-17-38-33(39-18-26)28-9-7-8-14-37-28/h7-14,17-18,22-24,29-31H,15-16,19-21H2,1-6H3,(H,40,47)(H,41,45)(H,42,48)(H,43,46)/t24-,29+,30+,31-/m1/s1. The molecular weight excluding hydrogens is 624 g/mol. The second kappa shape index (κ2) is 17.5.